The molecular weight excluding hydrogens is 409 g/mol. The summed E-state index contributed by atoms with van der Waals surface area (Å²) in [4.78, 5) is 4.06. The zero-order chi connectivity index (χ0) is 20.5. The normalized spacial score (nSPS) is 10.9. The molecule has 3 rings (SSSR count). The number of benzene rings is 2. The molecule has 2 aromatic carbocycles. The van der Waals surface area contributed by atoms with Gasteiger partial charge in [-0.3, -0.25) is 0 Å². The van der Waals surface area contributed by atoms with Crippen LogP contribution in [0.25, 0.3) is 0 Å². The van der Waals surface area contributed by atoms with Crippen molar-refractivity contribution in [3.05, 3.63) is 76.3 Å². The number of rotatable bonds is 11. The molecule has 5 nitrogen and oxygen atoms in total. The van der Waals surface area contributed by atoms with E-state index in [-0.39, 0.29) is 0 Å². The van der Waals surface area contributed by atoms with Gasteiger partial charge in [-0.25, -0.2) is 4.98 Å². The minimum atomic E-state index is 0.341. The predicted molar refractivity (Wildman–Crippen MR) is 117 cm³/mol. The molecule has 3 aromatic rings. The van der Waals surface area contributed by atoms with Crippen LogP contribution in [-0.4, -0.2) is 22.7 Å². The molecule has 154 valence electrons. The first-order valence-corrected chi connectivity index (χ1v) is 10.4. The second-order valence-electron chi connectivity index (χ2n) is 6.53. The van der Waals surface area contributed by atoms with E-state index in [4.69, 9.17) is 32.7 Å². The first-order chi connectivity index (χ1) is 14.2. The van der Waals surface area contributed by atoms with E-state index in [1.165, 1.54) is 0 Å². The number of halogens is 2. The summed E-state index contributed by atoms with van der Waals surface area (Å²) in [6.07, 6.45) is 6.61. The van der Waals surface area contributed by atoms with Crippen molar-refractivity contribution in [1.29, 1.82) is 0 Å². The highest BCUT2D eigenvalue weighted by molar-refractivity contribution is 6.35. The molecule has 0 spiro atoms. The minimum Gasteiger partial charge on any atom is -0.490 e. The lowest BCUT2D eigenvalue weighted by Crippen LogP contribution is -2.17. The molecule has 29 heavy (non-hydrogen) atoms. The lowest BCUT2D eigenvalue weighted by Gasteiger charge is -2.17. The Bertz CT molecular complexity index is 901. The van der Waals surface area contributed by atoms with Gasteiger partial charge in [-0.15, -0.1) is 0 Å². The summed E-state index contributed by atoms with van der Waals surface area (Å²) in [6, 6.07) is 11.4. The quantitative estimate of drug-likeness (QED) is 0.414. The van der Waals surface area contributed by atoms with Gasteiger partial charge in [0, 0.05) is 46.7 Å². The number of hydrogen-bond acceptors (Lipinski definition) is 4. The van der Waals surface area contributed by atoms with Crippen molar-refractivity contribution in [2.24, 2.45) is 0 Å². The van der Waals surface area contributed by atoms with Crippen molar-refractivity contribution in [3.8, 4) is 11.5 Å². The molecule has 1 heterocycles. The Balaban J connectivity index is 1.62. The summed E-state index contributed by atoms with van der Waals surface area (Å²) in [5.41, 5.74) is 1.92. The summed E-state index contributed by atoms with van der Waals surface area (Å²) in [5, 5.41) is 4.67. The molecule has 0 aliphatic heterocycles. The van der Waals surface area contributed by atoms with Crippen LogP contribution in [0.5, 0.6) is 11.5 Å². The predicted octanol–water partition coefficient (Wildman–Crippen LogP) is 5.35. The third kappa shape index (κ3) is 6.39. The Morgan fingerprint density at radius 1 is 1.10 bits per heavy atom. The van der Waals surface area contributed by atoms with E-state index in [1.807, 2.05) is 49.8 Å². The summed E-state index contributed by atoms with van der Waals surface area (Å²) in [6.45, 7) is 5.38. The van der Waals surface area contributed by atoms with E-state index < -0.39 is 0 Å². The molecule has 1 N–H and O–H groups in total. The third-order valence-corrected chi connectivity index (χ3v) is 4.98. The standard InChI is InChI=1S/C22H25Cl2N3O2/c1-2-28-21-6-3-5-17(14-25-9-4-11-27-12-10-26-16-27)22(21)29-15-18-7-8-19(23)13-20(18)24/h3,5-8,10,12-13,16,25H,2,4,9,11,14-15H2,1H3. The molecule has 0 radical (unpaired) electrons. The van der Waals surface area contributed by atoms with Crippen LogP contribution in [0, 0.1) is 0 Å². The highest BCUT2D eigenvalue weighted by atomic mass is 35.5. The number of ether oxygens (including phenoxy) is 2. The van der Waals surface area contributed by atoms with Crippen LogP contribution in [0.3, 0.4) is 0 Å². The summed E-state index contributed by atoms with van der Waals surface area (Å²) in [5.74, 6) is 1.47. The van der Waals surface area contributed by atoms with Gasteiger partial charge in [0.25, 0.3) is 0 Å². The number of hydrogen-bond donors (Lipinski definition) is 1. The van der Waals surface area contributed by atoms with Crippen molar-refractivity contribution in [2.45, 2.75) is 33.0 Å². The maximum atomic E-state index is 6.28. The summed E-state index contributed by atoms with van der Waals surface area (Å²) in [7, 11) is 0. The van der Waals surface area contributed by atoms with Gasteiger partial charge in [0.2, 0.25) is 0 Å². The molecule has 7 heteroatoms. The fourth-order valence-electron chi connectivity index (χ4n) is 2.95. The van der Waals surface area contributed by atoms with Gasteiger partial charge in [0.1, 0.15) is 6.61 Å². The second kappa shape index (κ2) is 11.1. The molecule has 0 saturated carbocycles. The maximum absolute atomic E-state index is 6.28. The molecule has 1 aromatic heterocycles. The van der Waals surface area contributed by atoms with Crippen LogP contribution in [0.15, 0.2) is 55.1 Å². The third-order valence-electron chi connectivity index (χ3n) is 4.39. The molecule has 0 amide bonds. The van der Waals surface area contributed by atoms with Gasteiger partial charge >= 0.3 is 0 Å². The van der Waals surface area contributed by atoms with Crippen molar-refractivity contribution >= 4 is 23.2 Å². The smallest absolute Gasteiger partial charge is 0.166 e. The molecular formula is C22H25Cl2N3O2. The SMILES string of the molecule is CCOc1cccc(CNCCCn2ccnc2)c1OCc1ccc(Cl)cc1Cl. The van der Waals surface area contributed by atoms with Gasteiger partial charge in [0.05, 0.1) is 12.9 Å². The van der Waals surface area contributed by atoms with Crippen LogP contribution >= 0.6 is 23.2 Å². The van der Waals surface area contributed by atoms with Gasteiger partial charge < -0.3 is 19.4 Å². The molecule has 0 atom stereocenters. The Morgan fingerprint density at radius 2 is 2.00 bits per heavy atom. The van der Waals surface area contributed by atoms with Gasteiger partial charge in [-0.1, -0.05) is 41.4 Å². The van der Waals surface area contributed by atoms with E-state index in [0.717, 1.165) is 42.1 Å². The molecule has 0 bridgehead atoms. The van der Waals surface area contributed by atoms with Gasteiger partial charge in [-0.2, -0.15) is 0 Å². The number of nitrogens with one attached hydrogen (secondary N) is 1. The van der Waals surface area contributed by atoms with Gasteiger partial charge in [-0.05, 0) is 38.1 Å². The molecule has 0 unspecified atom stereocenters. The second-order valence-corrected chi connectivity index (χ2v) is 7.38. The van der Waals surface area contributed by atoms with E-state index in [2.05, 4.69) is 14.9 Å². The van der Waals surface area contributed by atoms with Crippen molar-refractivity contribution in [1.82, 2.24) is 14.9 Å². The number of para-hydroxylation sites is 1. The number of aryl methyl sites for hydroxylation is 1. The van der Waals surface area contributed by atoms with E-state index >= 15 is 0 Å². The number of nitrogens with zero attached hydrogens (tertiary/aromatic N) is 2. The van der Waals surface area contributed by atoms with Crippen LogP contribution in [0.1, 0.15) is 24.5 Å². The highest BCUT2D eigenvalue weighted by Crippen LogP contribution is 2.33. The zero-order valence-corrected chi connectivity index (χ0v) is 17.9. The van der Waals surface area contributed by atoms with E-state index in [9.17, 15) is 0 Å². The lowest BCUT2D eigenvalue weighted by atomic mass is 10.1. The molecule has 0 fully saturated rings. The van der Waals surface area contributed by atoms with Crippen molar-refractivity contribution < 1.29 is 9.47 Å². The first-order valence-electron chi connectivity index (χ1n) is 9.65. The fraction of sp³-hybridized carbons (Fsp3) is 0.318. The van der Waals surface area contributed by atoms with Crippen LogP contribution < -0.4 is 14.8 Å². The summed E-state index contributed by atoms with van der Waals surface area (Å²) >= 11 is 12.3. The Morgan fingerprint density at radius 3 is 2.76 bits per heavy atom. The monoisotopic (exact) mass is 433 g/mol. The van der Waals surface area contributed by atoms with Gasteiger partial charge in [0.15, 0.2) is 11.5 Å². The Kier molecular flexibility index (Phi) is 8.23. The van der Waals surface area contributed by atoms with Crippen LogP contribution in [0.4, 0.5) is 0 Å². The molecule has 0 saturated heterocycles. The largest absolute Gasteiger partial charge is 0.490 e. The minimum absolute atomic E-state index is 0.341. The highest BCUT2D eigenvalue weighted by Gasteiger charge is 2.12. The zero-order valence-electron chi connectivity index (χ0n) is 16.4. The molecule has 0 aliphatic rings. The Hall–Kier alpha value is -2.21. The van der Waals surface area contributed by atoms with E-state index in [1.54, 1.807) is 12.3 Å². The lowest BCUT2D eigenvalue weighted by molar-refractivity contribution is 0.266. The first kappa shape index (κ1) is 21.5. The maximum Gasteiger partial charge on any atom is 0.166 e. The van der Waals surface area contributed by atoms with Crippen molar-refractivity contribution in [2.75, 3.05) is 13.2 Å². The number of imidazole rings is 1. The van der Waals surface area contributed by atoms with Crippen LogP contribution in [-0.2, 0) is 19.7 Å². The average Bonchev–Trinajstić information content (AvgIpc) is 3.22. The summed E-state index contributed by atoms with van der Waals surface area (Å²) < 4.78 is 14.0. The fourth-order valence-corrected chi connectivity index (χ4v) is 3.41. The van der Waals surface area contributed by atoms with Crippen molar-refractivity contribution in [3.63, 3.8) is 0 Å². The number of aromatic nitrogens is 2. The van der Waals surface area contributed by atoms with Crippen LogP contribution in [0.2, 0.25) is 10.0 Å². The molecule has 0 aliphatic carbocycles. The van der Waals surface area contributed by atoms with E-state index in [0.29, 0.717) is 29.8 Å². The average molecular weight is 434 g/mol. The Labute approximate surface area is 181 Å². The topological polar surface area (TPSA) is 48.3 Å².